The number of carbonyl (C=O) groups is 2. The van der Waals surface area contributed by atoms with Crippen molar-refractivity contribution in [3.05, 3.63) is 41.1 Å². The molecule has 1 amide bonds. The molecule has 1 aliphatic heterocycles. The molecule has 1 saturated heterocycles. The van der Waals surface area contributed by atoms with Crippen LogP contribution in [0, 0.1) is 5.92 Å². The van der Waals surface area contributed by atoms with Crippen molar-refractivity contribution in [3.63, 3.8) is 0 Å². The molecule has 1 unspecified atom stereocenters. The number of hydrogen-bond donors (Lipinski definition) is 1. The third kappa shape index (κ3) is 3.40. The van der Waals surface area contributed by atoms with Crippen molar-refractivity contribution in [3.8, 4) is 0 Å². The van der Waals surface area contributed by atoms with Gasteiger partial charge in [0.05, 0.1) is 15.9 Å². The van der Waals surface area contributed by atoms with Gasteiger partial charge in [-0.1, -0.05) is 43.9 Å². The van der Waals surface area contributed by atoms with E-state index in [9.17, 15) is 14.7 Å². The van der Waals surface area contributed by atoms with Crippen LogP contribution in [0.15, 0.2) is 35.5 Å². The SMILES string of the molecule is CC(C)C(C(=O)O)N1C(=O)/C(=C/c2ccc3nccnc3c2)SC1=S. The molecule has 0 aliphatic carbocycles. The van der Waals surface area contributed by atoms with Gasteiger partial charge in [0.1, 0.15) is 10.4 Å². The minimum atomic E-state index is -1.06. The number of aliphatic carboxylic acids is 1. The third-order valence-electron chi connectivity index (χ3n) is 3.78. The van der Waals surface area contributed by atoms with Crippen molar-refractivity contribution in [2.24, 2.45) is 5.92 Å². The van der Waals surface area contributed by atoms with E-state index in [2.05, 4.69) is 9.97 Å². The Kier molecular flexibility index (Phi) is 4.82. The first kappa shape index (κ1) is 17.5. The number of aromatic nitrogens is 2. The molecule has 1 aromatic heterocycles. The van der Waals surface area contributed by atoms with E-state index in [1.54, 1.807) is 32.3 Å². The second kappa shape index (κ2) is 6.89. The maximum absolute atomic E-state index is 12.7. The summed E-state index contributed by atoms with van der Waals surface area (Å²) in [6.07, 6.45) is 4.92. The molecular formula is C17H15N3O3S2. The standard InChI is InChI=1S/C17H15N3O3S2/c1-9(2)14(16(22)23)20-15(21)13(25-17(20)24)8-10-3-4-11-12(7-10)19-6-5-18-11/h3-9,14H,1-2H3,(H,22,23)/b13-8-. The Bertz CT molecular complexity index is 911. The van der Waals surface area contributed by atoms with E-state index in [4.69, 9.17) is 12.2 Å². The highest BCUT2D eigenvalue weighted by Crippen LogP contribution is 2.35. The van der Waals surface area contributed by atoms with Gasteiger partial charge in [-0.2, -0.15) is 0 Å². The van der Waals surface area contributed by atoms with Gasteiger partial charge < -0.3 is 5.11 Å². The first-order chi connectivity index (χ1) is 11.9. The van der Waals surface area contributed by atoms with Crippen molar-refractivity contribution >= 4 is 57.3 Å². The maximum Gasteiger partial charge on any atom is 0.327 e. The Morgan fingerprint density at radius 3 is 2.60 bits per heavy atom. The molecule has 0 saturated carbocycles. The summed E-state index contributed by atoms with van der Waals surface area (Å²) < 4.78 is 0.262. The van der Waals surface area contributed by atoms with E-state index in [1.165, 1.54) is 4.90 Å². The second-order valence-corrected chi connectivity index (χ2v) is 7.56. The van der Waals surface area contributed by atoms with Crippen LogP contribution in [0.4, 0.5) is 0 Å². The number of benzene rings is 1. The Labute approximate surface area is 154 Å². The van der Waals surface area contributed by atoms with Gasteiger partial charge in [-0.15, -0.1) is 0 Å². The Balaban J connectivity index is 1.95. The lowest BCUT2D eigenvalue weighted by atomic mass is 10.0. The first-order valence-electron chi connectivity index (χ1n) is 7.59. The van der Waals surface area contributed by atoms with E-state index >= 15 is 0 Å². The molecule has 1 fully saturated rings. The fraction of sp³-hybridized carbons (Fsp3) is 0.235. The number of rotatable bonds is 4. The van der Waals surface area contributed by atoms with Crippen LogP contribution in [-0.4, -0.2) is 42.2 Å². The van der Waals surface area contributed by atoms with Gasteiger partial charge in [0.25, 0.3) is 5.91 Å². The molecule has 2 aromatic rings. The predicted molar refractivity (Wildman–Crippen MR) is 101 cm³/mol. The monoisotopic (exact) mass is 373 g/mol. The van der Waals surface area contributed by atoms with Gasteiger partial charge in [-0.05, 0) is 29.7 Å². The lowest BCUT2D eigenvalue weighted by molar-refractivity contribution is -0.146. The summed E-state index contributed by atoms with van der Waals surface area (Å²) in [5, 5.41) is 9.44. The molecule has 3 rings (SSSR count). The minimum Gasteiger partial charge on any atom is -0.480 e. The Hall–Kier alpha value is -2.32. The van der Waals surface area contributed by atoms with Gasteiger partial charge in [0.2, 0.25) is 0 Å². The summed E-state index contributed by atoms with van der Waals surface area (Å²) in [7, 11) is 0. The number of thiocarbonyl (C=S) groups is 1. The van der Waals surface area contributed by atoms with Crippen LogP contribution >= 0.6 is 24.0 Å². The van der Waals surface area contributed by atoms with E-state index < -0.39 is 12.0 Å². The van der Waals surface area contributed by atoms with Crippen LogP contribution in [0.2, 0.25) is 0 Å². The zero-order valence-corrected chi connectivity index (χ0v) is 15.2. The van der Waals surface area contributed by atoms with Crippen LogP contribution in [0.3, 0.4) is 0 Å². The topological polar surface area (TPSA) is 83.4 Å². The zero-order chi connectivity index (χ0) is 18.1. The lowest BCUT2D eigenvalue weighted by Crippen LogP contribution is -2.47. The minimum absolute atomic E-state index is 0.254. The number of hydrogen-bond acceptors (Lipinski definition) is 6. The molecule has 1 N–H and O–H groups in total. The van der Waals surface area contributed by atoms with Gasteiger partial charge >= 0.3 is 5.97 Å². The van der Waals surface area contributed by atoms with E-state index in [-0.39, 0.29) is 16.1 Å². The largest absolute Gasteiger partial charge is 0.480 e. The molecule has 1 atom stereocenters. The van der Waals surface area contributed by atoms with E-state index in [0.717, 1.165) is 28.4 Å². The number of carbonyl (C=O) groups excluding carboxylic acids is 1. The van der Waals surface area contributed by atoms with Gasteiger partial charge in [0.15, 0.2) is 0 Å². The number of fused-ring (bicyclic) bond motifs is 1. The van der Waals surface area contributed by atoms with Crippen LogP contribution in [0.5, 0.6) is 0 Å². The van der Waals surface area contributed by atoms with Crippen molar-refractivity contribution in [2.45, 2.75) is 19.9 Å². The predicted octanol–water partition coefficient (Wildman–Crippen LogP) is 2.94. The van der Waals surface area contributed by atoms with Crippen molar-refractivity contribution in [2.75, 3.05) is 0 Å². The number of nitrogens with zero attached hydrogens (tertiary/aromatic N) is 3. The molecule has 0 radical (unpaired) electrons. The van der Waals surface area contributed by atoms with Crippen LogP contribution in [0.1, 0.15) is 19.4 Å². The Morgan fingerprint density at radius 1 is 1.28 bits per heavy atom. The fourth-order valence-corrected chi connectivity index (χ4v) is 3.96. The maximum atomic E-state index is 12.7. The van der Waals surface area contributed by atoms with Gasteiger partial charge in [-0.25, -0.2) is 4.79 Å². The van der Waals surface area contributed by atoms with Crippen molar-refractivity contribution in [1.82, 2.24) is 14.9 Å². The number of thioether (sulfide) groups is 1. The molecule has 2 heterocycles. The molecule has 128 valence electrons. The van der Waals surface area contributed by atoms with Crippen LogP contribution in [-0.2, 0) is 9.59 Å². The third-order valence-corrected chi connectivity index (χ3v) is 5.11. The van der Waals surface area contributed by atoms with Crippen molar-refractivity contribution < 1.29 is 14.7 Å². The molecular weight excluding hydrogens is 358 g/mol. The number of carboxylic acid groups (broad SMARTS) is 1. The molecule has 6 nitrogen and oxygen atoms in total. The van der Waals surface area contributed by atoms with Gasteiger partial charge in [-0.3, -0.25) is 19.7 Å². The van der Waals surface area contributed by atoms with Crippen LogP contribution < -0.4 is 0 Å². The molecule has 1 aromatic carbocycles. The average molecular weight is 373 g/mol. The normalized spacial score (nSPS) is 17.7. The second-order valence-electron chi connectivity index (χ2n) is 5.88. The lowest BCUT2D eigenvalue weighted by Gasteiger charge is -2.26. The summed E-state index contributed by atoms with van der Waals surface area (Å²) in [4.78, 5) is 34.3. The highest BCUT2D eigenvalue weighted by atomic mass is 32.2. The van der Waals surface area contributed by atoms with Crippen LogP contribution in [0.25, 0.3) is 17.1 Å². The zero-order valence-electron chi connectivity index (χ0n) is 13.5. The number of amides is 1. The summed E-state index contributed by atoms with van der Waals surface area (Å²) in [6.45, 7) is 3.51. The summed E-state index contributed by atoms with van der Waals surface area (Å²) in [5.41, 5.74) is 2.26. The summed E-state index contributed by atoms with van der Waals surface area (Å²) >= 11 is 6.36. The van der Waals surface area contributed by atoms with Crippen molar-refractivity contribution in [1.29, 1.82) is 0 Å². The highest BCUT2D eigenvalue weighted by molar-refractivity contribution is 8.26. The smallest absolute Gasteiger partial charge is 0.327 e. The molecule has 0 spiro atoms. The summed E-state index contributed by atoms with van der Waals surface area (Å²) in [6, 6.07) is 4.51. The van der Waals surface area contributed by atoms with E-state index in [0.29, 0.717) is 4.91 Å². The van der Waals surface area contributed by atoms with E-state index in [1.807, 2.05) is 18.2 Å². The highest BCUT2D eigenvalue weighted by Gasteiger charge is 2.41. The quantitative estimate of drug-likeness (QED) is 0.651. The molecule has 8 heteroatoms. The first-order valence-corrected chi connectivity index (χ1v) is 8.81. The average Bonchev–Trinajstić information content (AvgIpc) is 2.82. The fourth-order valence-electron chi connectivity index (χ4n) is 2.63. The van der Waals surface area contributed by atoms with Gasteiger partial charge in [0, 0.05) is 12.4 Å². The number of carboxylic acids is 1. The summed E-state index contributed by atoms with van der Waals surface area (Å²) in [5.74, 6) is -1.70. The molecule has 0 bridgehead atoms. The molecule has 1 aliphatic rings. The molecule has 25 heavy (non-hydrogen) atoms. The Morgan fingerprint density at radius 2 is 1.96 bits per heavy atom.